The van der Waals surface area contributed by atoms with Crippen LogP contribution >= 0.6 is 0 Å². The highest BCUT2D eigenvalue weighted by atomic mass is 19.1. The van der Waals surface area contributed by atoms with Crippen LogP contribution in [0, 0.1) is 11.7 Å². The van der Waals surface area contributed by atoms with Crippen LogP contribution in [0.15, 0.2) is 18.2 Å². The van der Waals surface area contributed by atoms with Gasteiger partial charge in [-0.3, -0.25) is 0 Å². The fourth-order valence-corrected chi connectivity index (χ4v) is 2.70. The number of halogens is 1. The lowest BCUT2D eigenvalue weighted by molar-refractivity contribution is 0.202. The van der Waals surface area contributed by atoms with Gasteiger partial charge in [0.2, 0.25) is 0 Å². The lowest BCUT2D eigenvalue weighted by Crippen LogP contribution is -2.37. The van der Waals surface area contributed by atoms with E-state index in [1.807, 2.05) is 7.05 Å². The summed E-state index contributed by atoms with van der Waals surface area (Å²) in [6, 6.07) is 5.74. The van der Waals surface area contributed by atoms with Crippen molar-refractivity contribution in [2.45, 2.75) is 32.4 Å². The maximum Gasteiger partial charge on any atom is 0.125 e. The molecule has 0 amide bonds. The molecule has 1 aromatic carbocycles. The number of rotatable bonds is 8. The van der Waals surface area contributed by atoms with E-state index in [0.717, 1.165) is 23.7 Å². The highest BCUT2D eigenvalue weighted by Crippen LogP contribution is 2.37. The van der Waals surface area contributed by atoms with E-state index in [9.17, 15) is 4.39 Å². The van der Waals surface area contributed by atoms with Crippen molar-refractivity contribution >= 4 is 5.69 Å². The van der Waals surface area contributed by atoms with Crippen LogP contribution in [0.3, 0.4) is 0 Å². The summed E-state index contributed by atoms with van der Waals surface area (Å²) >= 11 is 0. The lowest BCUT2D eigenvalue weighted by atomic mass is 10.1. The molecule has 1 saturated carbocycles. The van der Waals surface area contributed by atoms with Gasteiger partial charge >= 0.3 is 0 Å². The Hall–Kier alpha value is -1.13. The molecule has 0 aromatic heterocycles. The summed E-state index contributed by atoms with van der Waals surface area (Å²) in [6.07, 6.45) is 2.56. The number of nitrogens with zero attached hydrogens (tertiary/aromatic N) is 1. The van der Waals surface area contributed by atoms with E-state index in [0.29, 0.717) is 19.2 Å². The molecular weight excluding hydrogens is 255 g/mol. The van der Waals surface area contributed by atoms with E-state index in [-0.39, 0.29) is 5.82 Å². The first-order valence-electron chi connectivity index (χ1n) is 7.35. The van der Waals surface area contributed by atoms with Gasteiger partial charge in [0.25, 0.3) is 0 Å². The lowest BCUT2D eigenvalue weighted by Gasteiger charge is -2.32. The first-order chi connectivity index (χ1) is 9.65. The normalized spacial score (nSPS) is 16.2. The zero-order chi connectivity index (χ0) is 14.5. The SMILES string of the molecule is CNCc1cc(F)cc(N(CCOC)C(C)C2CC2)c1. The highest BCUT2D eigenvalue weighted by Gasteiger charge is 2.32. The minimum absolute atomic E-state index is 0.168. The van der Waals surface area contributed by atoms with Crippen LogP contribution in [0.2, 0.25) is 0 Å². The molecule has 20 heavy (non-hydrogen) atoms. The van der Waals surface area contributed by atoms with Crippen molar-refractivity contribution in [1.29, 1.82) is 0 Å². The average molecular weight is 280 g/mol. The summed E-state index contributed by atoms with van der Waals surface area (Å²) in [5.74, 6) is 0.570. The topological polar surface area (TPSA) is 24.5 Å². The van der Waals surface area contributed by atoms with Gasteiger partial charge in [-0.2, -0.15) is 0 Å². The van der Waals surface area contributed by atoms with Gasteiger partial charge in [0.15, 0.2) is 0 Å². The van der Waals surface area contributed by atoms with Crippen molar-refractivity contribution in [1.82, 2.24) is 5.32 Å². The number of hydrogen-bond acceptors (Lipinski definition) is 3. The van der Waals surface area contributed by atoms with Crippen molar-refractivity contribution in [3.05, 3.63) is 29.6 Å². The molecule has 0 saturated heterocycles. The van der Waals surface area contributed by atoms with E-state index in [1.54, 1.807) is 19.2 Å². The quantitative estimate of drug-likeness (QED) is 0.792. The molecule has 1 atom stereocenters. The fraction of sp³-hybridized carbons (Fsp3) is 0.625. The Labute approximate surface area is 121 Å². The third-order valence-electron chi connectivity index (χ3n) is 3.99. The summed E-state index contributed by atoms with van der Waals surface area (Å²) in [5, 5.41) is 3.07. The number of benzene rings is 1. The number of anilines is 1. The van der Waals surface area contributed by atoms with E-state index < -0.39 is 0 Å². The van der Waals surface area contributed by atoms with Crippen molar-refractivity contribution in [2.24, 2.45) is 5.92 Å². The molecule has 1 N–H and O–H groups in total. The number of hydrogen-bond donors (Lipinski definition) is 1. The van der Waals surface area contributed by atoms with Crippen molar-refractivity contribution in [3.63, 3.8) is 0 Å². The summed E-state index contributed by atoms with van der Waals surface area (Å²) in [4.78, 5) is 2.28. The van der Waals surface area contributed by atoms with Crippen LogP contribution in [0.5, 0.6) is 0 Å². The summed E-state index contributed by atoms with van der Waals surface area (Å²) < 4.78 is 19.0. The molecule has 1 aromatic rings. The molecule has 1 aliphatic rings. The number of methoxy groups -OCH3 is 1. The second kappa shape index (κ2) is 7.04. The molecule has 1 unspecified atom stereocenters. The van der Waals surface area contributed by atoms with Crippen LogP contribution in [0.4, 0.5) is 10.1 Å². The smallest absolute Gasteiger partial charge is 0.125 e. The Balaban J connectivity index is 2.21. The zero-order valence-corrected chi connectivity index (χ0v) is 12.7. The molecule has 0 spiro atoms. The molecule has 3 nitrogen and oxygen atoms in total. The molecule has 1 fully saturated rings. The van der Waals surface area contributed by atoms with Gasteiger partial charge in [-0.05, 0) is 56.5 Å². The Bertz CT molecular complexity index is 434. The van der Waals surface area contributed by atoms with Crippen LogP contribution < -0.4 is 10.2 Å². The first kappa shape index (κ1) is 15.3. The van der Waals surface area contributed by atoms with Crippen molar-refractivity contribution in [2.75, 3.05) is 32.2 Å². The minimum Gasteiger partial charge on any atom is -0.383 e. The maximum atomic E-state index is 13.8. The molecule has 0 heterocycles. The third-order valence-corrected chi connectivity index (χ3v) is 3.99. The number of ether oxygens (including phenoxy) is 1. The molecule has 112 valence electrons. The van der Waals surface area contributed by atoms with Gasteiger partial charge in [0.05, 0.1) is 6.61 Å². The van der Waals surface area contributed by atoms with E-state index in [4.69, 9.17) is 4.74 Å². The predicted molar refractivity (Wildman–Crippen MR) is 80.6 cm³/mol. The van der Waals surface area contributed by atoms with E-state index >= 15 is 0 Å². The van der Waals surface area contributed by atoms with Gasteiger partial charge in [0, 0.05) is 31.9 Å². The van der Waals surface area contributed by atoms with Crippen LogP contribution in [-0.4, -0.2) is 33.4 Å². The molecule has 2 rings (SSSR count). The zero-order valence-electron chi connectivity index (χ0n) is 12.7. The van der Waals surface area contributed by atoms with E-state index in [2.05, 4.69) is 23.2 Å². The molecular formula is C16H25FN2O. The highest BCUT2D eigenvalue weighted by molar-refractivity contribution is 5.50. The van der Waals surface area contributed by atoms with Gasteiger partial charge in [0.1, 0.15) is 5.82 Å². The monoisotopic (exact) mass is 280 g/mol. The Kier molecular flexibility index (Phi) is 5.38. The van der Waals surface area contributed by atoms with E-state index in [1.165, 1.54) is 12.8 Å². The van der Waals surface area contributed by atoms with Crippen LogP contribution in [-0.2, 0) is 11.3 Å². The van der Waals surface area contributed by atoms with Crippen LogP contribution in [0.25, 0.3) is 0 Å². The second-order valence-corrected chi connectivity index (χ2v) is 5.61. The summed E-state index contributed by atoms with van der Waals surface area (Å²) in [5.41, 5.74) is 1.94. The minimum atomic E-state index is -0.168. The van der Waals surface area contributed by atoms with Gasteiger partial charge < -0.3 is 15.0 Å². The van der Waals surface area contributed by atoms with Crippen molar-refractivity contribution < 1.29 is 9.13 Å². The Morgan fingerprint density at radius 2 is 2.15 bits per heavy atom. The molecule has 0 bridgehead atoms. The third kappa shape index (κ3) is 3.93. The second-order valence-electron chi connectivity index (χ2n) is 5.61. The largest absolute Gasteiger partial charge is 0.383 e. The maximum absolute atomic E-state index is 13.8. The average Bonchev–Trinajstić information content (AvgIpc) is 3.23. The Morgan fingerprint density at radius 1 is 1.40 bits per heavy atom. The molecule has 1 aliphatic carbocycles. The summed E-state index contributed by atoms with van der Waals surface area (Å²) in [7, 11) is 3.58. The molecule has 4 heteroatoms. The number of nitrogens with one attached hydrogen (secondary N) is 1. The summed E-state index contributed by atoms with van der Waals surface area (Å²) in [6.45, 7) is 4.38. The fourth-order valence-electron chi connectivity index (χ4n) is 2.70. The standard InChI is InChI=1S/C16H25FN2O/c1-12(14-4-5-14)19(6-7-20-3)16-9-13(11-18-2)8-15(17)10-16/h8-10,12,14,18H,4-7,11H2,1-3H3. The first-order valence-corrected chi connectivity index (χ1v) is 7.35. The predicted octanol–water partition coefficient (Wildman–Crippen LogP) is 2.80. The van der Waals surface area contributed by atoms with Crippen molar-refractivity contribution in [3.8, 4) is 0 Å². The molecule has 0 aliphatic heterocycles. The Morgan fingerprint density at radius 3 is 2.75 bits per heavy atom. The van der Waals surface area contributed by atoms with Gasteiger partial charge in [-0.25, -0.2) is 4.39 Å². The molecule has 0 radical (unpaired) electrons. The van der Waals surface area contributed by atoms with Crippen LogP contribution in [0.1, 0.15) is 25.3 Å². The van der Waals surface area contributed by atoms with Gasteiger partial charge in [-0.15, -0.1) is 0 Å². The van der Waals surface area contributed by atoms with Gasteiger partial charge in [-0.1, -0.05) is 0 Å².